The minimum absolute atomic E-state index is 0.0717. The van der Waals surface area contributed by atoms with Crippen molar-refractivity contribution in [3.8, 4) is 6.01 Å². The maximum Gasteiger partial charge on any atom is 0.317 e. The first-order valence-corrected chi connectivity index (χ1v) is 4.46. The van der Waals surface area contributed by atoms with Crippen molar-refractivity contribution in [1.82, 2.24) is 9.97 Å². The Morgan fingerprint density at radius 2 is 2.27 bits per heavy atom. The van der Waals surface area contributed by atoms with E-state index in [1.807, 2.05) is 0 Å². The minimum Gasteiger partial charge on any atom is -0.457 e. The van der Waals surface area contributed by atoms with Crippen molar-refractivity contribution in [3.05, 3.63) is 17.5 Å². The fourth-order valence-corrected chi connectivity index (χ4v) is 0.974. The van der Waals surface area contributed by atoms with E-state index in [1.54, 1.807) is 13.0 Å². The molecule has 0 aliphatic rings. The Kier molecular flexibility index (Phi) is 3.84. The molecular formula is C8H9F2N3OS. The van der Waals surface area contributed by atoms with Gasteiger partial charge in [-0.2, -0.15) is 4.98 Å². The van der Waals surface area contributed by atoms with Gasteiger partial charge in [0, 0.05) is 5.69 Å². The Morgan fingerprint density at radius 1 is 1.60 bits per heavy atom. The topological polar surface area (TPSA) is 61.0 Å². The number of hydrogen-bond acceptors (Lipinski definition) is 4. The molecule has 0 aromatic carbocycles. The Balaban J connectivity index is 2.84. The van der Waals surface area contributed by atoms with E-state index >= 15 is 0 Å². The Labute approximate surface area is 90.5 Å². The molecule has 0 fully saturated rings. The van der Waals surface area contributed by atoms with E-state index in [-0.39, 0.29) is 11.0 Å². The van der Waals surface area contributed by atoms with Crippen molar-refractivity contribution in [2.75, 3.05) is 6.61 Å². The third-order valence-electron chi connectivity index (χ3n) is 1.42. The minimum atomic E-state index is -2.57. The molecule has 7 heteroatoms. The summed E-state index contributed by atoms with van der Waals surface area (Å²) in [6, 6.07) is 1.41. The highest BCUT2D eigenvalue weighted by atomic mass is 32.1. The highest BCUT2D eigenvalue weighted by molar-refractivity contribution is 7.80. The second-order valence-electron chi connectivity index (χ2n) is 2.74. The lowest BCUT2D eigenvalue weighted by Gasteiger charge is -2.05. The van der Waals surface area contributed by atoms with Gasteiger partial charge in [-0.3, -0.25) is 0 Å². The normalized spacial score (nSPS) is 10.4. The second kappa shape index (κ2) is 4.92. The predicted molar refractivity (Wildman–Crippen MR) is 54.2 cm³/mol. The molecule has 1 aromatic rings. The summed E-state index contributed by atoms with van der Waals surface area (Å²) in [5, 5.41) is 0. The maximum atomic E-state index is 11.8. The zero-order chi connectivity index (χ0) is 11.4. The molecule has 2 N–H and O–H groups in total. The van der Waals surface area contributed by atoms with Crippen LogP contribution >= 0.6 is 12.2 Å². The van der Waals surface area contributed by atoms with Crippen molar-refractivity contribution >= 4 is 17.2 Å². The van der Waals surface area contributed by atoms with Crippen LogP contribution < -0.4 is 10.5 Å². The predicted octanol–water partition coefficient (Wildman–Crippen LogP) is 1.06. The molecule has 0 aliphatic heterocycles. The third kappa shape index (κ3) is 3.70. The lowest BCUT2D eigenvalue weighted by molar-refractivity contribution is 0.0769. The molecule has 0 saturated heterocycles. The van der Waals surface area contributed by atoms with Gasteiger partial charge in [-0.1, -0.05) is 12.2 Å². The van der Waals surface area contributed by atoms with E-state index in [0.29, 0.717) is 11.4 Å². The number of thiocarbonyl (C=S) groups is 1. The van der Waals surface area contributed by atoms with Gasteiger partial charge in [0.05, 0.1) is 0 Å². The first kappa shape index (κ1) is 11.7. The van der Waals surface area contributed by atoms with Crippen molar-refractivity contribution in [3.63, 3.8) is 0 Å². The molecule has 1 rings (SSSR count). The first-order valence-electron chi connectivity index (χ1n) is 4.05. The summed E-state index contributed by atoms with van der Waals surface area (Å²) in [4.78, 5) is 7.65. The monoisotopic (exact) mass is 233 g/mol. The van der Waals surface area contributed by atoms with E-state index in [0.717, 1.165) is 0 Å². The van der Waals surface area contributed by atoms with Crippen LogP contribution in [0, 0.1) is 6.92 Å². The molecule has 0 bridgehead atoms. The van der Waals surface area contributed by atoms with Gasteiger partial charge in [0.1, 0.15) is 10.7 Å². The fraction of sp³-hybridized carbons (Fsp3) is 0.375. The van der Waals surface area contributed by atoms with E-state index in [9.17, 15) is 8.78 Å². The second-order valence-corrected chi connectivity index (χ2v) is 3.18. The smallest absolute Gasteiger partial charge is 0.317 e. The molecule has 4 nitrogen and oxygen atoms in total. The van der Waals surface area contributed by atoms with Gasteiger partial charge in [-0.15, -0.1) is 0 Å². The number of alkyl halides is 2. The maximum absolute atomic E-state index is 11.8. The van der Waals surface area contributed by atoms with Crippen LogP contribution in [0.3, 0.4) is 0 Å². The zero-order valence-corrected chi connectivity index (χ0v) is 8.72. The molecule has 82 valence electrons. The lowest BCUT2D eigenvalue weighted by atomic mass is 10.3. The highest BCUT2D eigenvalue weighted by Gasteiger charge is 2.08. The summed E-state index contributed by atoms with van der Waals surface area (Å²) in [6.45, 7) is 0.916. The largest absolute Gasteiger partial charge is 0.457 e. The number of aromatic nitrogens is 2. The van der Waals surface area contributed by atoms with Crippen LogP contribution in [0.5, 0.6) is 6.01 Å². The number of ether oxygens (including phenoxy) is 1. The van der Waals surface area contributed by atoms with Gasteiger partial charge in [-0.25, -0.2) is 13.8 Å². The van der Waals surface area contributed by atoms with Crippen LogP contribution in [0.4, 0.5) is 8.78 Å². The zero-order valence-electron chi connectivity index (χ0n) is 7.91. The molecule has 15 heavy (non-hydrogen) atoms. The van der Waals surface area contributed by atoms with E-state index in [1.165, 1.54) is 0 Å². The van der Waals surface area contributed by atoms with Crippen LogP contribution in [-0.2, 0) is 0 Å². The molecule has 0 atom stereocenters. The van der Waals surface area contributed by atoms with Crippen LogP contribution in [-0.4, -0.2) is 28.0 Å². The Bertz CT molecular complexity index is 373. The van der Waals surface area contributed by atoms with Crippen LogP contribution in [0.15, 0.2) is 6.07 Å². The number of aryl methyl sites for hydroxylation is 1. The van der Waals surface area contributed by atoms with Gasteiger partial charge in [0.25, 0.3) is 6.43 Å². The van der Waals surface area contributed by atoms with Crippen molar-refractivity contribution < 1.29 is 13.5 Å². The van der Waals surface area contributed by atoms with E-state index in [2.05, 4.69) is 14.7 Å². The van der Waals surface area contributed by atoms with Crippen molar-refractivity contribution in [1.29, 1.82) is 0 Å². The van der Waals surface area contributed by atoms with E-state index in [4.69, 9.17) is 18.0 Å². The van der Waals surface area contributed by atoms with Crippen LogP contribution in [0.25, 0.3) is 0 Å². The number of rotatable bonds is 4. The highest BCUT2D eigenvalue weighted by Crippen LogP contribution is 2.08. The van der Waals surface area contributed by atoms with Gasteiger partial charge in [0.2, 0.25) is 0 Å². The van der Waals surface area contributed by atoms with Crippen molar-refractivity contribution in [2.24, 2.45) is 5.73 Å². The molecule has 1 heterocycles. The summed E-state index contributed by atoms with van der Waals surface area (Å²) in [7, 11) is 0. The number of halogens is 2. The van der Waals surface area contributed by atoms with Crippen molar-refractivity contribution in [2.45, 2.75) is 13.3 Å². The molecule has 0 radical (unpaired) electrons. The standard InChI is InChI=1S/C8H9F2N3OS/c1-4-2-5(7(11)15)13-8(12-4)14-3-6(9)10/h2,6H,3H2,1H3,(H2,11,15). The summed E-state index contributed by atoms with van der Waals surface area (Å²) in [5.74, 6) is 0. The average molecular weight is 233 g/mol. The first-order chi connectivity index (χ1) is 6.99. The molecule has 0 amide bonds. The van der Waals surface area contributed by atoms with Crippen LogP contribution in [0.1, 0.15) is 11.4 Å². The summed E-state index contributed by atoms with van der Waals surface area (Å²) in [5.41, 5.74) is 6.20. The molecular weight excluding hydrogens is 224 g/mol. The summed E-state index contributed by atoms with van der Waals surface area (Å²) < 4.78 is 28.3. The molecule has 0 spiro atoms. The van der Waals surface area contributed by atoms with E-state index < -0.39 is 13.0 Å². The lowest BCUT2D eigenvalue weighted by Crippen LogP contribution is -2.15. The molecule has 1 aromatic heterocycles. The SMILES string of the molecule is Cc1cc(C(N)=S)nc(OCC(F)F)n1. The number of hydrogen-bond donors (Lipinski definition) is 1. The number of nitrogens with zero attached hydrogens (tertiary/aromatic N) is 2. The van der Waals surface area contributed by atoms with Gasteiger partial charge in [-0.05, 0) is 13.0 Å². The summed E-state index contributed by atoms with van der Waals surface area (Å²) in [6.07, 6.45) is -2.57. The Hall–Kier alpha value is -1.37. The van der Waals surface area contributed by atoms with Gasteiger partial charge < -0.3 is 10.5 Å². The number of nitrogens with two attached hydrogens (primary N) is 1. The average Bonchev–Trinajstić information content (AvgIpc) is 2.13. The van der Waals surface area contributed by atoms with Crippen LogP contribution in [0.2, 0.25) is 0 Å². The molecule has 0 unspecified atom stereocenters. The Morgan fingerprint density at radius 3 is 2.80 bits per heavy atom. The van der Waals surface area contributed by atoms with Gasteiger partial charge in [0.15, 0.2) is 6.61 Å². The quantitative estimate of drug-likeness (QED) is 0.788. The fourth-order valence-electron chi connectivity index (χ4n) is 0.870. The molecule has 0 aliphatic carbocycles. The third-order valence-corrected chi connectivity index (χ3v) is 1.63. The van der Waals surface area contributed by atoms with Gasteiger partial charge >= 0.3 is 6.01 Å². The summed E-state index contributed by atoms with van der Waals surface area (Å²) >= 11 is 4.70. The molecule has 0 saturated carbocycles.